The molecule has 0 heterocycles. The molecule has 1 unspecified atom stereocenters. The summed E-state index contributed by atoms with van der Waals surface area (Å²) in [5, 5.41) is 0.356. The second-order valence-electron chi connectivity index (χ2n) is 1.19. The van der Waals surface area contributed by atoms with Crippen LogP contribution in [0.3, 0.4) is 0 Å². The fourth-order valence-electron chi connectivity index (χ4n) is 0. The topological polar surface area (TPSA) is 0 Å². The quantitative estimate of drug-likeness (QED) is 0.365. The molecule has 36 valence electrons. The molecule has 0 N–H and O–H groups in total. The van der Waals surface area contributed by atoms with Crippen molar-refractivity contribution >= 4 is 34.7 Å². The molecule has 0 nitrogen and oxygen atoms in total. The number of hydrogen-bond acceptors (Lipinski definition) is 0. The van der Waals surface area contributed by atoms with Gasteiger partial charge in [0.25, 0.3) is 0 Å². The third kappa shape index (κ3) is 8.91. The smallest absolute Gasteiger partial charge is 1.00 e. The SMILES string of the molecule is CCC(C)Cl.[H-].[H-].[Mg+2]. The van der Waals surface area contributed by atoms with E-state index in [4.69, 9.17) is 11.6 Å². The first-order valence-electron chi connectivity index (χ1n) is 1.91. The molecule has 1 atom stereocenters. The van der Waals surface area contributed by atoms with E-state index in [2.05, 4.69) is 6.92 Å². The Morgan fingerprint density at radius 3 is 2.00 bits per heavy atom. The largest absolute Gasteiger partial charge is 2.00 e. The van der Waals surface area contributed by atoms with Crippen LogP contribution in [0.4, 0.5) is 0 Å². The first-order valence-corrected chi connectivity index (χ1v) is 2.35. The molecule has 0 fully saturated rings. The van der Waals surface area contributed by atoms with E-state index in [-0.39, 0.29) is 25.9 Å². The Bertz CT molecular complexity index is 28.0. The molecule has 2 heteroatoms. The van der Waals surface area contributed by atoms with Crippen molar-refractivity contribution in [3.8, 4) is 0 Å². The summed E-state index contributed by atoms with van der Waals surface area (Å²) < 4.78 is 0. The van der Waals surface area contributed by atoms with Gasteiger partial charge in [0.2, 0.25) is 0 Å². The maximum Gasteiger partial charge on any atom is 2.00 e. The molecule has 0 aromatic heterocycles. The van der Waals surface area contributed by atoms with E-state index < -0.39 is 0 Å². The summed E-state index contributed by atoms with van der Waals surface area (Å²) in [4.78, 5) is 0. The molecule has 0 aliphatic rings. The Labute approximate surface area is 63.4 Å². The minimum atomic E-state index is 0. The van der Waals surface area contributed by atoms with Crippen molar-refractivity contribution in [2.45, 2.75) is 25.6 Å². The first-order chi connectivity index (χ1) is 2.27. The van der Waals surface area contributed by atoms with Gasteiger partial charge in [-0.3, -0.25) is 0 Å². The van der Waals surface area contributed by atoms with Crippen LogP contribution >= 0.6 is 11.6 Å². The molecule has 0 aliphatic carbocycles. The van der Waals surface area contributed by atoms with Crippen molar-refractivity contribution in [1.29, 1.82) is 0 Å². The summed E-state index contributed by atoms with van der Waals surface area (Å²) in [6.45, 7) is 4.05. The number of rotatable bonds is 1. The monoisotopic (exact) mass is 118 g/mol. The summed E-state index contributed by atoms with van der Waals surface area (Å²) in [6.07, 6.45) is 1.07. The third-order valence-electron chi connectivity index (χ3n) is 0.563. The standard InChI is InChI=1S/C4H9Cl.Mg.2H/c1-3-4(2)5;;;/h4H,3H2,1-2H3;;;/q;+2;2*-1. The van der Waals surface area contributed by atoms with Gasteiger partial charge >= 0.3 is 23.1 Å². The van der Waals surface area contributed by atoms with Crippen LogP contribution in [0, 0.1) is 0 Å². The molecule has 0 rings (SSSR count). The summed E-state index contributed by atoms with van der Waals surface area (Å²) >= 11 is 5.46. The van der Waals surface area contributed by atoms with Crippen molar-refractivity contribution < 1.29 is 2.85 Å². The molecule has 0 spiro atoms. The van der Waals surface area contributed by atoms with Crippen LogP contribution in [-0.4, -0.2) is 28.4 Å². The van der Waals surface area contributed by atoms with E-state index in [9.17, 15) is 0 Å². The van der Waals surface area contributed by atoms with Gasteiger partial charge in [-0.15, -0.1) is 11.6 Å². The number of halogens is 1. The predicted octanol–water partition coefficient (Wildman–Crippen LogP) is 1.87. The molecule has 0 radical (unpaired) electrons. The Kier molecular flexibility index (Phi) is 10.2. The van der Waals surface area contributed by atoms with Crippen LogP contribution in [0.2, 0.25) is 0 Å². The zero-order chi connectivity index (χ0) is 4.28. The zero-order valence-electron chi connectivity index (χ0n) is 6.37. The van der Waals surface area contributed by atoms with Gasteiger partial charge in [0.15, 0.2) is 0 Å². The van der Waals surface area contributed by atoms with E-state index in [0.29, 0.717) is 5.38 Å². The van der Waals surface area contributed by atoms with E-state index in [0.717, 1.165) is 6.42 Å². The molecule has 0 aromatic carbocycles. The fourth-order valence-corrected chi connectivity index (χ4v) is 0. The van der Waals surface area contributed by atoms with Gasteiger partial charge in [-0.1, -0.05) is 6.92 Å². The normalized spacial score (nSPS) is 12.5. The van der Waals surface area contributed by atoms with E-state index in [1.165, 1.54) is 0 Å². The van der Waals surface area contributed by atoms with Crippen LogP contribution in [0.25, 0.3) is 0 Å². The van der Waals surface area contributed by atoms with Crippen molar-refractivity contribution in [3.63, 3.8) is 0 Å². The molecule has 0 aliphatic heterocycles. The molecule has 0 amide bonds. The minimum absolute atomic E-state index is 0. The second-order valence-corrected chi connectivity index (χ2v) is 1.93. The van der Waals surface area contributed by atoms with Gasteiger partial charge in [0.1, 0.15) is 0 Å². The van der Waals surface area contributed by atoms with Crippen LogP contribution in [0.1, 0.15) is 23.1 Å². The van der Waals surface area contributed by atoms with Gasteiger partial charge in [0.05, 0.1) is 0 Å². The van der Waals surface area contributed by atoms with Crippen molar-refractivity contribution in [1.82, 2.24) is 0 Å². The van der Waals surface area contributed by atoms with Crippen molar-refractivity contribution in [3.05, 3.63) is 0 Å². The van der Waals surface area contributed by atoms with E-state index in [1.807, 2.05) is 6.92 Å². The van der Waals surface area contributed by atoms with Crippen molar-refractivity contribution in [2.24, 2.45) is 0 Å². The summed E-state index contributed by atoms with van der Waals surface area (Å²) in [5.74, 6) is 0. The number of hydrogen-bond donors (Lipinski definition) is 0. The Morgan fingerprint density at radius 1 is 1.83 bits per heavy atom. The van der Waals surface area contributed by atoms with Gasteiger partial charge in [0, 0.05) is 5.38 Å². The predicted molar refractivity (Wildman–Crippen MR) is 33.6 cm³/mol. The molecule has 0 bridgehead atoms. The maximum atomic E-state index is 5.46. The zero-order valence-corrected chi connectivity index (χ0v) is 6.54. The van der Waals surface area contributed by atoms with Crippen LogP contribution in [-0.2, 0) is 0 Å². The van der Waals surface area contributed by atoms with Gasteiger partial charge in [-0.2, -0.15) is 0 Å². The number of alkyl halides is 1. The summed E-state index contributed by atoms with van der Waals surface area (Å²) in [5.41, 5.74) is 0. The molecule has 6 heavy (non-hydrogen) atoms. The molecule has 0 aromatic rings. The Morgan fingerprint density at radius 2 is 2.00 bits per heavy atom. The minimum Gasteiger partial charge on any atom is -1.00 e. The fraction of sp³-hybridized carbons (Fsp3) is 1.00. The van der Waals surface area contributed by atoms with Gasteiger partial charge in [-0.05, 0) is 13.3 Å². The second kappa shape index (κ2) is 6.06. The molecule has 0 saturated heterocycles. The van der Waals surface area contributed by atoms with Crippen LogP contribution in [0.15, 0.2) is 0 Å². The average molecular weight is 119 g/mol. The average Bonchev–Trinajstić information content (AvgIpc) is 1.38. The van der Waals surface area contributed by atoms with E-state index in [1.54, 1.807) is 0 Å². The molecular formula is C4H11ClMg. The summed E-state index contributed by atoms with van der Waals surface area (Å²) in [7, 11) is 0. The van der Waals surface area contributed by atoms with Crippen LogP contribution in [0.5, 0.6) is 0 Å². The van der Waals surface area contributed by atoms with E-state index >= 15 is 0 Å². The summed E-state index contributed by atoms with van der Waals surface area (Å²) in [6, 6.07) is 0. The maximum absolute atomic E-state index is 5.46. The third-order valence-corrected chi connectivity index (χ3v) is 0.871. The van der Waals surface area contributed by atoms with Gasteiger partial charge in [-0.25, -0.2) is 0 Å². The molecule has 0 saturated carbocycles. The van der Waals surface area contributed by atoms with Crippen molar-refractivity contribution in [2.75, 3.05) is 0 Å². The van der Waals surface area contributed by atoms with Gasteiger partial charge < -0.3 is 2.85 Å². The Hall–Kier alpha value is 1.06. The first kappa shape index (κ1) is 10.1. The molecular weight excluding hydrogens is 108 g/mol. The Balaban J connectivity index is -0.0000000267. The van der Waals surface area contributed by atoms with Crippen LogP contribution < -0.4 is 0 Å².